The summed E-state index contributed by atoms with van der Waals surface area (Å²) in [5.74, 6) is 0.611. The van der Waals surface area contributed by atoms with Gasteiger partial charge in [-0.3, -0.25) is 4.98 Å². The highest BCUT2D eigenvalue weighted by Crippen LogP contribution is 2.33. The molecule has 3 aromatic heterocycles. The maximum atomic E-state index is 12.2. The Bertz CT molecular complexity index is 1420. The van der Waals surface area contributed by atoms with Gasteiger partial charge in [0.1, 0.15) is 11.2 Å². The number of H-pyrrole nitrogens is 1. The van der Waals surface area contributed by atoms with Gasteiger partial charge in [0.05, 0.1) is 40.3 Å². The van der Waals surface area contributed by atoms with Crippen molar-refractivity contribution in [3.63, 3.8) is 0 Å². The third kappa shape index (κ3) is 3.86. The number of halogens is 2. The number of aromatic amines is 1. The zero-order valence-corrected chi connectivity index (χ0v) is 20.1. The number of nitrogens with zero attached hydrogens (tertiary/aromatic N) is 5. The van der Waals surface area contributed by atoms with Crippen molar-refractivity contribution < 1.29 is 13.3 Å². The van der Waals surface area contributed by atoms with E-state index in [0.717, 1.165) is 16.6 Å². The molecule has 1 aliphatic heterocycles. The second kappa shape index (κ2) is 8.28. The summed E-state index contributed by atoms with van der Waals surface area (Å²) in [4.78, 5) is 19.4. The highest BCUT2D eigenvalue weighted by molar-refractivity contribution is 7.89. The molecular weight excluding hydrogens is 487 g/mol. The van der Waals surface area contributed by atoms with Gasteiger partial charge in [-0.05, 0) is 19.9 Å². The Hall–Kier alpha value is -2.66. The number of fused-ring (bicyclic) bond motifs is 2. The van der Waals surface area contributed by atoms with E-state index in [1.54, 1.807) is 6.92 Å². The van der Waals surface area contributed by atoms with E-state index in [1.165, 1.54) is 21.5 Å². The number of nitrogens with one attached hydrogen (secondary N) is 1. The van der Waals surface area contributed by atoms with Crippen molar-refractivity contribution in [1.82, 2.24) is 29.2 Å². The summed E-state index contributed by atoms with van der Waals surface area (Å²) in [7, 11) is -3.28. The topological polar surface area (TPSA) is 106 Å². The summed E-state index contributed by atoms with van der Waals surface area (Å²) in [5.41, 5.74) is 3.43. The normalized spacial score (nSPS) is 15.2. The first kappa shape index (κ1) is 22.1. The molecule has 0 fully saturated rings. The van der Waals surface area contributed by atoms with Gasteiger partial charge in [-0.25, -0.2) is 13.4 Å². The Morgan fingerprint density at radius 3 is 2.61 bits per heavy atom. The van der Waals surface area contributed by atoms with Crippen LogP contribution < -0.4 is 4.84 Å². The number of benzene rings is 1. The fraction of sp³-hybridized carbons (Fsp3) is 0.286. The van der Waals surface area contributed by atoms with Gasteiger partial charge in [-0.1, -0.05) is 46.2 Å². The minimum atomic E-state index is -3.28. The molecule has 9 nitrogen and oxygen atoms in total. The van der Waals surface area contributed by atoms with Gasteiger partial charge in [-0.15, -0.1) is 5.10 Å². The molecule has 4 aromatic rings. The molecule has 4 heterocycles. The first-order chi connectivity index (χ1) is 15.8. The van der Waals surface area contributed by atoms with Crippen LogP contribution in [0.25, 0.3) is 22.4 Å². The summed E-state index contributed by atoms with van der Waals surface area (Å²) in [6.45, 7) is 3.97. The Balaban J connectivity index is 1.49. The maximum absolute atomic E-state index is 12.2. The van der Waals surface area contributed by atoms with Crippen molar-refractivity contribution in [3.05, 3.63) is 63.7 Å². The first-order valence-corrected chi connectivity index (χ1v) is 12.6. The van der Waals surface area contributed by atoms with E-state index in [0.29, 0.717) is 32.8 Å². The second-order valence-corrected chi connectivity index (χ2v) is 10.8. The van der Waals surface area contributed by atoms with Crippen molar-refractivity contribution in [1.29, 1.82) is 0 Å². The summed E-state index contributed by atoms with van der Waals surface area (Å²) in [5, 5.41) is 6.29. The average Bonchev–Trinajstić information content (AvgIpc) is 3.46. The monoisotopic (exact) mass is 506 g/mol. The van der Waals surface area contributed by atoms with Crippen LogP contribution in [0.2, 0.25) is 10.0 Å². The second-order valence-electron chi connectivity index (χ2n) is 7.68. The molecule has 0 radical (unpaired) electrons. The lowest BCUT2D eigenvalue weighted by atomic mass is 10.2. The van der Waals surface area contributed by atoms with Crippen molar-refractivity contribution in [2.75, 3.05) is 5.75 Å². The van der Waals surface area contributed by atoms with Gasteiger partial charge < -0.3 is 9.82 Å². The number of imidazole rings is 1. The van der Waals surface area contributed by atoms with Crippen LogP contribution in [0.4, 0.5) is 0 Å². The average molecular weight is 507 g/mol. The number of pyridine rings is 1. The van der Waals surface area contributed by atoms with Gasteiger partial charge in [-0.2, -0.15) is 4.31 Å². The van der Waals surface area contributed by atoms with Crippen molar-refractivity contribution >= 4 is 44.1 Å². The lowest BCUT2D eigenvalue weighted by Gasteiger charge is -2.16. The summed E-state index contributed by atoms with van der Waals surface area (Å²) in [6.07, 6.45) is 2.53. The SMILES string of the molecule is CCS(=O)(=O)N1Cc2nc(-c3nn(OC(C)c4c(Cl)cncc4Cl)c4ccccc34)[nH]c2C1. The number of sulfonamides is 1. The molecule has 1 atom stereocenters. The van der Waals surface area contributed by atoms with Gasteiger partial charge >= 0.3 is 0 Å². The van der Waals surface area contributed by atoms with E-state index >= 15 is 0 Å². The summed E-state index contributed by atoms with van der Waals surface area (Å²) >= 11 is 12.6. The number of hydrogen-bond acceptors (Lipinski definition) is 6. The van der Waals surface area contributed by atoms with Gasteiger partial charge in [0.25, 0.3) is 0 Å². The minimum absolute atomic E-state index is 0.0558. The third-order valence-corrected chi connectivity index (χ3v) is 8.00. The van der Waals surface area contributed by atoms with E-state index in [1.807, 2.05) is 31.2 Å². The van der Waals surface area contributed by atoms with Gasteiger partial charge in [0, 0.05) is 23.3 Å². The maximum Gasteiger partial charge on any atom is 0.214 e. The molecule has 0 spiro atoms. The summed E-state index contributed by atoms with van der Waals surface area (Å²) < 4.78 is 25.8. The van der Waals surface area contributed by atoms with Crippen molar-refractivity contribution in [2.24, 2.45) is 0 Å². The number of aromatic nitrogens is 5. The van der Waals surface area contributed by atoms with Crippen molar-refractivity contribution in [2.45, 2.75) is 33.0 Å². The zero-order valence-electron chi connectivity index (χ0n) is 17.8. The molecule has 172 valence electrons. The van der Waals surface area contributed by atoms with E-state index in [-0.39, 0.29) is 18.8 Å². The van der Waals surface area contributed by atoms with Crippen LogP contribution in [0.1, 0.15) is 36.9 Å². The Morgan fingerprint density at radius 2 is 1.91 bits per heavy atom. The molecule has 12 heteroatoms. The van der Waals surface area contributed by atoms with E-state index < -0.39 is 16.1 Å². The van der Waals surface area contributed by atoms with Crippen LogP contribution in [0.5, 0.6) is 0 Å². The first-order valence-electron chi connectivity index (χ1n) is 10.3. The predicted molar refractivity (Wildman–Crippen MR) is 125 cm³/mol. The van der Waals surface area contributed by atoms with Crippen LogP contribution in [-0.4, -0.2) is 43.4 Å². The molecule has 0 saturated carbocycles. The van der Waals surface area contributed by atoms with Crippen LogP contribution in [0.3, 0.4) is 0 Å². The van der Waals surface area contributed by atoms with Crippen LogP contribution >= 0.6 is 23.2 Å². The molecule has 0 saturated heterocycles. The lowest BCUT2D eigenvalue weighted by Crippen LogP contribution is -2.27. The van der Waals surface area contributed by atoms with Crippen molar-refractivity contribution in [3.8, 4) is 11.5 Å². The number of para-hydroxylation sites is 1. The van der Waals surface area contributed by atoms with Crippen LogP contribution in [0, 0.1) is 0 Å². The Morgan fingerprint density at radius 1 is 1.18 bits per heavy atom. The standard InChI is InChI=1S/C21H20Cl2N6O3S/c1-3-33(30,31)28-10-16-17(11-28)26-21(25-16)20-13-6-4-5-7-18(13)29(27-20)32-12(2)19-14(22)8-24-9-15(19)23/h4-9,12H,3,10-11H2,1-2H3,(H,25,26). The molecule has 0 amide bonds. The lowest BCUT2D eigenvalue weighted by molar-refractivity contribution is 0.0332. The molecule has 0 aliphatic carbocycles. The Labute approximate surface area is 200 Å². The number of rotatable bonds is 6. The number of hydrogen-bond donors (Lipinski definition) is 1. The quantitative estimate of drug-likeness (QED) is 0.423. The minimum Gasteiger partial charge on any atom is -0.388 e. The fourth-order valence-electron chi connectivity index (χ4n) is 3.90. The molecule has 1 N–H and O–H groups in total. The van der Waals surface area contributed by atoms with Crippen LogP contribution in [0.15, 0.2) is 36.7 Å². The molecule has 33 heavy (non-hydrogen) atoms. The Kier molecular flexibility index (Phi) is 5.56. The molecule has 0 bridgehead atoms. The van der Waals surface area contributed by atoms with E-state index in [2.05, 4.69) is 20.1 Å². The van der Waals surface area contributed by atoms with E-state index in [4.69, 9.17) is 28.0 Å². The van der Waals surface area contributed by atoms with Gasteiger partial charge in [0.2, 0.25) is 10.0 Å². The van der Waals surface area contributed by atoms with E-state index in [9.17, 15) is 8.42 Å². The van der Waals surface area contributed by atoms with Gasteiger partial charge in [0.15, 0.2) is 11.9 Å². The zero-order chi connectivity index (χ0) is 23.3. The highest BCUT2D eigenvalue weighted by Gasteiger charge is 2.31. The predicted octanol–water partition coefficient (Wildman–Crippen LogP) is 3.98. The molecule has 1 aromatic carbocycles. The smallest absolute Gasteiger partial charge is 0.214 e. The molecule has 5 rings (SSSR count). The highest BCUT2D eigenvalue weighted by atomic mass is 35.5. The van der Waals surface area contributed by atoms with Crippen LogP contribution in [-0.2, 0) is 23.1 Å². The molecule has 1 unspecified atom stereocenters. The molecule has 1 aliphatic rings. The third-order valence-electron chi connectivity index (χ3n) is 5.62. The fourth-order valence-corrected chi connectivity index (χ4v) is 5.59. The largest absolute Gasteiger partial charge is 0.388 e. The summed E-state index contributed by atoms with van der Waals surface area (Å²) in [6, 6.07) is 7.61. The molecular formula is C21H20Cl2N6O3S.